The molecule has 2 heterocycles. The van der Waals surface area contributed by atoms with Gasteiger partial charge in [0.25, 0.3) is 5.56 Å². The number of hydrogen-bond acceptors (Lipinski definition) is 5. The highest BCUT2D eigenvalue weighted by Crippen LogP contribution is 2.43. The van der Waals surface area contributed by atoms with Crippen molar-refractivity contribution in [2.75, 3.05) is 7.11 Å². The fraction of sp³-hybridized carbons (Fsp3) is 0.379. The number of methoxy groups -OCH3 is 1. The van der Waals surface area contributed by atoms with Crippen molar-refractivity contribution in [3.8, 4) is 16.9 Å². The first-order chi connectivity index (χ1) is 17.2. The molecule has 0 bridgehead atoms. The minimum absolute atomic E-state index is 0.0518. The summed E-state index contributed by atoms with van der Waals surface area (Å²) in [6, 6.07) is 12.6. The molecule has 2 aromatic heterocycles. The molecule has 1 fully saturated rings. The number of aromatic nitrogens is 1. The summed E-state index contributed by atoms with van der Waals surface area (Å²) in [7, 11) is 1.68. The molecule has 0 saturated heterocycles. The SMILES string of the molecule is COc1cc(C)c2[nH]c(=O)c3sccc3c2c1-c1ccc([C@@H]2CCC[C@H]2NC(=O)OC(C)(C)C)cc1. The predicted molar refractivity (Wildman–Crippen MR) is 146 cm³/mol. The van der Waals surface area contributed by atoms with Gasteiger partial charge in [0.2, 0.25) is 0 Å². The van der Waals surface area contributed by atoms with Crippen molar-refractivity contribution in [2.45, 2.75) is 64.5 Å². The molecule has 2 aromatic carbocycles. The van der Waals surface area contributed by atoms with Crippen molar-refractivity contribution in [1.29, 1.82) is 0 Å². The lowest BCUT2D eigenvalue weighted by atomic mass is 9.90. The van der Waals surface area contributed by atoms with Crippen LogP contribution < -0.4 is 15.6 Å². The zero-order chi connectivity index (χ0) is 25.6. The number of aryl methyl sites for hydroxylation is 1. The predicted octanol–water partition coefficient (Wildman–Crippen LogP) is 6.89. The van der Waals surface area contributed by atoms with Gasteiger partial charge in [-0.25, -0.2) is 4.79 Å². The number of alkyl carbamates (subject to hydrolysis) is 1. The van der Waals surface area contributed by atoms with Crippen LogP contribution in [-0.2, 0) is 4.74 Å². The molecule has 2 N–H and O–H groups in total. The summed E-state index contributed by atoms with van der Waals surface area (Å²) < 4.78 is 12.0. The summed E-state index contributed by atoms with van der Waals surface area (Å²) >= 11 is 1.45. The van der Waals surface area contributed by atoms with Crippen LogP contribution in [0.2, 0.25) is 0 Å². The van der Waals surface area contributed by atoms with Crippen LogP contribution in [0.5, 0.6) is 5.75 Å². The van der Waals surface area contributed by atoms with Gasteiger partial charge in [-0.15, -0.1) is 11.3 Å². The summed E-state index contributed by atoms with van der Waals surface area (Å²) in [6.07, 6.45) is 2.66. The molecule has 0 unspecified atom stereocenters. The number of fused-ring (bicyclic) bond motifs is 3. The summed E-state index contributed by atoms with van der Waals surface area (Å²) in [5, 5.41) is 6.99. The van der Waals surface area contributed by atoms with Gasteiger partial charge < -0.3 is 19.8 Å². The molecule has 0 radical (unpaired) electrons. The van der Waals surface area contributed by atoms with Gasteiger partial charge in [0.05, 0.1) is 12.6 Å². The number of H-pyrrole nitrogens is 1. The van der Waals surface area contributed by atoms with E-state index in [9.17, 15) is 9.59 Å². The van der Waals surface area contributed by atoms with E-state index < -0.39 is 5.60 Å². The largest absolute Gasteiger partial charge is 0.496 e. The number of nitrogens with one attached hydrogen (secondary N) is 2. The minimum atomic E-state index is -0.520. The first-order valence-corrected chi connectivity index (χ1v) is 13.2. The minimum Gasteiger partial charge on any atom is -0.496 e. The standard InChI is InChI=1S/C29H32N2O4S/c1-16-15-22(34-5)23(24-20-13-14-36-26(20)27(32)31-25(16)24)18-11-9-17(10-12-18)19-7-6-8-21(19)30-28(33)35-29(2,3)4/h9-15,19,21H,6-8H2,1-5H3,(H,30,33)(H,31,32)/t19-,21+/m0/s1. The second kappa shape index (κ2) is 9.28. The van der Waals surface area contributed by atoms with Gasteiger partial charge in [-0.2, -0.15) is 0 Å². The van der Waals surface area contributed by atoms with Crippen LogP contribution in [0, 0.1) is 6.92 Å². The third kappa shape index (κ3) is 4.48. The Morgan fingerprint density at radius 2 is 1.89 bits per heavy atom. The number of thiophene rings is 1. The fourth-order valence-corrected chi connectivity index (χ4v) is 6.20. The van der Waals surface area contributed by atoms with Crippen LogP contribution in [0.25, 0.3) is 32.1 Å². The first kappa shape index (κ1) is 24.4. The third-order valence-corrected chi connectivity index (χ3v) is 7.85. The maximum Gasteiger partial charge on any atom is 0.407 e. The molecule has 5 rings (SSSR count). The molecular formula is C29H32N2O4S. The summed E-state index contributed by atoms with van der Waals surface area (Å²) in [5.74, 6) is 1.01. The molecule has 1 saturated carbocycles. The Morgan fingerprint density at radius 3 is 2.58 bits per heavy atom. The highest BCUT2D eigenvalue weighted by molar-refractivity contribution is 7.17. The number of carbonyl (C=O) groups is 1. The molecule has 2 atom stereocenters. The Hall–Kier alpha value is -3.32. The van der Waals surface area contributed by atoms with Crippen LogP contribution in [0.1, 0.15) is 57.1 Å². The molecular weight excluding hydrogens is 472 g/mol. The van der Waals surface area contributed by atoms with E-state index in [0.29, 0.717) is 0 Å². The van der Waals surface area contributed by atoms with Crippen LogP contribution in [0.3, 0.4) is 0 Å². The van der Waals surface area contributed by atoms with Gasteiger partial charge in [-0.05, 0) is 74.7 Å². The molecule has 0 spiro atoms. The smallest absolute Gasteiger partial charge is 0.407 e. The highest BCUT2D eigenvalue weighted by Gasteiger charge is 2.31. The number of ether oxygens (including phenoxy) is 2. The van der Waals surface area contributed by atoms with Crippen molar-refractivity contribution < 1.29 is 14.3 Å². The van der Waals surface area contributed by atoms with E-state index in [1.54, 1.807) is 7.11 Å². The second-order valence-corrected chi connectivity index (χ2v) is 11.5. The van der Waals surface area contributed by atoms with E-state index in [1.165, 1.54) is 16.9 Å². The Labute approximate surface area is 214 Å². The highest BCUT2D eigenvalue weighted by atomic mass is 32.1. The zero-order valence-corrected chi connectivity index (χ0v) is 22.2. The number of hydrogen-bond donors (Lipinski definition) is 2. The first-order valence-electron chi connectivity index (χ1n) is 12.4. The monoisotopic (exact) mass is 504 g/mol. The molecule has 1 aliphatic rings. The van der Waals surface area contributed by atoms with Crippen molar-refractivity contribution in [1.82, 2.24) is 10.3 Å². The number of carbonyl (C=O) groups excluding carboxylic acids is 1. The van der Waals surface area contributed by atoms with Gasteiger partial charge >= 0.3 is 6.09 Å². The Morgan fingerprint density at radius 1 is 1.14 bits per heavy atom. The summed E-state index contributed by atoms with van der Waals surface area (Å²) in [4.78, 5) is 28.2. The van der Waals surface area contributed by atoms with E-state index >= 15 is 0 Å². The average Bonchev–Trinajstić information content (AvgIpc) is 3.49. The van der Waals surface area contributed by atoms with Gasteiger partial charge in [0.1, 0.15) is 16.1 Å². The van der Waals surface area contributed by atoms with Crippen LogP contribution >= 0.6 is 11.3 Å². The fourth-order valence-electron chi connectivity index (χ4n) is 5.40. The molecule has 1 amide bonds. The molecule has 1 aliphatic carbocycles. The molecule has 188 valence electrons. The lowest BCUT2D eigenvalue weighted by Crippen LogP contribution is -2.40. The number of pyridine rings is 1. The summed E-state index contributed by atoms with van der Waals surface area (Å²) in [5.41, 5.74) is 4.41. The molecule has 36 heavy (non-hydrogen) atoms. The van der Waals surface area contributed by atoms with Crippen molar-refractivity contribution in [2.24, 2.45) is 0 Å². The molecule has 0 aliphatic heterocycles. The van der Waals surface area contributed by atoms with Crippen LogP contribution in [-0.4, -0.2) is 29.8 Å². The van der Waals surface area contributed by atoms with Crippen molar-refractivity contribution in [3.05, 3.63) is 63.3 Å². The van der Waals surface area contributed by atoms with E-state index in [4.69, 9.17) is 9.47 Å². The van der Waals surface area contributed by atoms with Gasteiger partial charge in [-0.3, -0.25) is 4.79 Å². The molecule has 7 heteroatoms. The van der Waals surface area contributed by atoms with E-state index in [2.05, 4.69) is 34.6 Å². The number of rotatable bonds is 4. The van der Waals surface area contributed by atoms with E-state index in [1.807, 2.05) is 45.2 Å². The number of aromatic amines is 1. The molecule has 4 aromatic rings. The summed E-state index contributed by atoms with van der Waals surface area (Å²) in [6.45, 7) is 7.61. The maximum atomic E-state index is 12.7. The van der Waals surface area contributed by atoms with E-state index in [0.717, 1.165) is 62.7 Å². The van der Waals surface area contributed by atoms with Gasteiger partial charge in [0, 0.05) is 28.3 Å². The van der Waals surface area contributed by atoms with Gasteiger partial charge in [0.15, 0.2) is 0 Å². The Kier molecular flexibility index (Phi) is 6.29. The Balaban J connectivity index is 1.53. The van der Waals surface area contributed by atoms with E-state index in [-0.39, 0.29) is 23.6 Å². The maximum absolute atomic E-state index is 12.7. The normalized spacial score (nSPS) is 18.0. The third-order valence-electron chi connectivity index (χ3n) is 6.93. The van der Waals surface area contributed by atoms with Crippen LogP contribution in [0.15, 0.2) is 46.6 Å². The lowest BCUT2D eigenvalue weighted by Gasteiger charge is -2.25. The second-order valence-electron chi connectivity index (χ2n) is 10.6. The Bertz CT molecular complexity index is 1490. The lowest BCUT2D eigenvalue weighted by molar-refractivity contribution is 0.0501. The quantitative estimate of drug-likeness (QED) is 0.317. The zero-order valence-electron chi connectivity index (χ0n) is 21.4. The average molecular weight is 505 g/mol. The topological polar surface area (TPSA) is 80.4 Å². The van der Waals surface area contributed by atoms with Crippen molar-refractivity contribution >= 4 is 38.4 Å². The van der Waals surface area contributed by atoms with Gasteiger partial charge in [-0.1, -0.05) is 30.7 Å². The van der Waals surface area contributed by atoms with Crippen LogP contribution in [0.4, 0.5) is 4.79 Å². The number of amides is 1. The number of benzene rings is 2. The molecule has 6 nitrogen and oxygen atoms in total. The van der Waals surface area contributed by atoms with Crippen molar-refractivity contribution in [3.63, 3.8) is 0 Å².